The van der Waals surface area contributed by atoms with E-state index in [-0.39, 0.29) is 5.91 Å². The molecule has 1 aromatic carbocycles. The molecule has 24 heavy (non-hydrogen) atoms. The SMILES string of the molecule is O=C(O)COc1cccc(C(=O)NC2CC3CC2C2CCCC32)c1. The number of aliphatic carboxylic acids is 1. The van der Waals surface area contributed by atoms with Crippen LogP contribution in [0.2, 0.25) is 0 Å². The maximum Gasteiger partial charge on any atom is 0.341 e. The van der Waals surface area contributed by atoms with E-state index in [0.29, 0.717) is 23.3 Å². The Kier molecular flexibility index (Phi) is 3.94. The minimum atomic E-state index is -1.03. The lowest BCUT2D eigenvalue weighted by Crippen LogP contribution is -2.42. The highest BCUT2D eigenvalue weighted by molar-refractivity contribution is 5.94. The molecule has 1 aromatic rings. The van der Waals surface area contributed by atoms with E-state index in [0.717, 1.165) is 24.2 Å². The summed E-state index contributed by atoms with van der Waals surface area (Å²) in [6, 6.07) is 7.05. The second kappa shape index (κ2) is 6.11. The molecule has 5 atom stereocenters. The smallest absolute Gasteiger partial charge is 0.341 e. The molecule has 3 aliphatic carbocycles. The van der Waals surface area contributed by atoms with E-state index in [1.54, 1.807) is 24.3 Å². The van der Waals surface area contributed by atoms with Crippen LogP contribution < -0.4 is 10.1 Å². The molecule has 0 saturated heterocycles. The van der Waals surface area contributed by atoms with Crippen molar-refractivity contribution in [2.24, 2.45) is 23.7 Å². The molecule has 0 aliphatic heterocycles. The molecule has 0 radical (unpaired) electrons. The van der Waals surface area contributed by atoms with Gasteiger partial charge in [-0.3, -0.25) is 4.79 Å². The molecule has 0 aromatic heterocycles. The predicted octanol–water partition coefficient (Wildman–Crippen LogP) is 2.70. The van der Waals surface area contributed by atoms with Crippen LogP contribution in [-0.2, 0) is 4.79 Å². The van der Waals surface area contributed by atoms with Crippen molar-refractivity contribution in [2.45, 2.75) is 38.1 Å². The van der Waals surface area contributed by atoms with Crippen molar-refractivity contribution in [3.8, 4) is 5.75 Å². The molecule has 3 aliphatic rings. The van der Waals surface area contributed by atoms with Crippen LogP contribution in [0.15, 0.2) is 24.3 Å². The van der Waals surface area contributed by atoms with Gasteiger partial charge < -0.3 is 15.2 Å². The third-order valence-electron chi connectivity index (χ3n) is 6.20. The molecular weight excluding hydrogens is 306 g/mol. The number of carboxylic acids is 1. The third-order valence-corrected chi connectivity index (χ3v) is 6.20. The van der Waals surface area contributed by atoms with E-state index in [4.69, 9.17) is 9.84 Å². The van der Waals surface area contributed by atoms with Crippen LogP contribution in [-0.4, -0.2) is 29.6 Å². The van der Waals surface area contributed by atoms with Gasteiger partial charge in [0.15, 0.2) is 6.61 Å². The van der Waals surface area contributed by atoms with Crippen LogP contribution in [0.3, 0.4) is 0 Å². The first-order valence-electron chi connectivity index (χ1n) is 8.87. The predicted molar refractivity (Wildman–Crippen MR) is 87.9 cm³/mol. The highest BCUT2D eigenvalue weighted by Crippen LogP contribution is 2.58. The quantitative estimate of drug-likeness (QED) is 0.871. The molecule has 4 rings (SSSR count). The number of fused-ring (bicyclic) bond motifs is 5. The number of ether oxygens (including phenoxy) is 1. The third kappa shape index (κ3) is 2.76. The van der Waals surface area contributed by atoms with E-state index in [1.807, 2.05) is 0 Å². The summed E-state index contributed by atoms with van der Waals surface area (Å²) >= 11 is 0. The monoisotopic (exact) mass is 329 g/mol. The Labute approximate surface area is 141 Å². The number of carbonyl (C=O) groups excluding carboxylic acids is 1. The highest BCUT2D eigenvalue weighted by Gasteiger charge is 2.54. The van der Waals surface area contributed by atoms with Gasteiger partial charge in [0, 0.05) is 11.6 Å². The standard InChI is InChI=1S/C19H23NO4/c21-18(22)10-24-13-4-1-3-11(7-13)19(23)20-17-9-12-8-16(17)15-6-2-5-14(12)15/h1,3-4,7,12,14-17H,2,5-6,8-10H2,(H,20,23)(H,21,22). The Morgan fingerprint density at radius 1 is 1.17 bits per heavy atom. The molecule has 0 spiro atoms. The van der Waals surface area contributed by atoms with Gasteiger partial charge >= 0.3 is 5.97 Å². The lowest BCUT2D eigenvalue weighted by Gasteiger charge is -2.32. The van der Waals surface area contributed by atoms with Gasteiger partial charge in [-0.25, -0.2) is 4.79 Å². The molecule has 1 amide bonds. The van der Waals surface area contributed by atoms with Crippen molar-refractivity contribution < 1.29 is 19.4 Å². The van der Waals surface area contributed by atoms with E-state index in [2.05, 4.69) is 5.32 Å². The Morgan fingerprint density at radius 3 is 2.83 bits per heavy atom. The van der Waals surface area contributed by atoms with Crippen LogP contribution in [0.25, 0.3) is 0 Å². The van der Waals surface area contributed by atoms with Gasteiger partial charge in [-0.2, -0.15) is 0 Å². The van der Waals surface area contributed by atoms with E-state index < -0.39 is 12.6 Å². The van der Waals surface area contributed by atoms with E-state index in [1.165, 1.54) is 25.7 Å². The van der Waals surface area contributed by atoms with Gasteiger partial charge in [0.25, 0.3) is 5.91 Å². The molecular formula is C19H23NO4. The van der Waals surface area contributed by atoms with Crippen molar-refractivity contribution in [3.63, 3.8) is 0 Å². The second-order valence-electron chi connectivity index (χ2n) is 7.44. The number of amides is 1. The van der Waals surface area contributed by atoms with Crippen LogP contribution in [0.1, 0.15) is 42.5 Å². The van der Waals surface area contributed by atoms with Gasteiger partial charge in [0.2, 0.25) is 0 Å². The summed E-state index contributed by atoms with van der Waals surface area (Å²) in [5.41, 5.74) is 0.531. The number of benzene rings is 1. The topological polar surface area (TPSA) is 75.6 Å². The molecule has 128 valence electrons. The summed E-state index contributed by atoms with van der Waals surface area (Å²) in [7, 11) is 0. The molecule has 2 N–H and O–H groups in total. The Hall–Kier alpha value is -2.04. The van der Waals surface area contributed by atoms with Crippen molar-refractivity contribution in [2.75, 3.05) is 6.61 Å². The summed E-state index contributed by atoms with van der Waals surface area (Å²) in [5, 5.41) is 11.9. The zero-order valence-corrected chi connectivity index (χ0v) is 13.6. The molecule has 5 heteroatoms. The first-order chi connectivity index (χ1) is 11.6. The molecule has 5 nitrogen and oxygen atoms in total. The number of rotatable bonds is 5. The Morgan fingerprint density at radius 2 is 2.00 bits per heavy atom. The van der Waals surface area contributed by atoms with E-state index in [9.17, 15) is 9.59 Å². The molecule has 5 unspecified atom stereocenters. The fraction of sp³-hybridized carbons (Fsp3) is 0.579. The molecule has 3 fully saturated rings. The van der Waals surface area contributed by atoms with Crippen LogP contribution in [0, 0.1) is 23.7 Å². The summed E-state index contributed by atoms with van der Waals surface area (Å²) in [4.78, 5) is 23.2. The van der Waals surface area contributed by atoms with Gasteiger partial charge in [-0.15, -0.1) is 0 Å². The van der Waals surface area contributed by atoms with Gasteiger partial charge in [0.05, 0.1) is 0 Å². The zero-order chi connectivity index (χ0) is 16.7. The van der Waals surface area contributed by atoms with Crippen molar-refractivity contribution in [1.82, 2.24) is 5.32 Å². The largest absolute Gasteiger partial charge is 0.482 e. The van der Waals surface area contributed by atoms with Crippen molar-refractivity contribution in [1.29, 1.82) is 0 Å². The maximum absolute atomic E-state index is 12.6. The van der Waals surface area contributed by atoms with Crippen molar-refractivity contribution >= 4 is 11.9 Å². The zero-order valence-electron chi connectivity index (χ0n) is 13.6. The summed E-state index contributed by atoms with van der Waals surface area (Å²) in [5.74, 6) is 2.49. The lowest BCUT2D eigenvalue weighted by atomic mass is 9.79. The van der Waals surface area contributed by atoms with Gasteiger partial charge in [-0.05, 0) is 67.6 Å². The Bertz CT molecular complexity index is 659. The number of hydrogen-bond acceptors (Lipinski definition) is 3. The maximum atomic E-state index is 12.6. The summed E-state index contributed by atoms with van der Waals surface area (Å²) in [6.45, 7) is -0.402. The van der Waals surface area contributed by atoms with Gasteiger partial charge in [0.1, 0.15) is 5.75 Å². The number of nitrogens with one attached hydrogen (secondary N) is 1. The van der Waals surface area contributed by atoms with Crippen molar-refractivity contribution in [3.05, 3.63) is 29.8 Å². The second-order valence-corrected chi connectivity index (χ2v) is 7.44. The number of carboxylic acid groups (broad SMARTS) is 1. The fourth-order valence-corrected chi connectivity index (χ4v) is 5.36. The fourth-order valence-electron chi connectivity index (χ4n) is 5.36. The normalized spacial score (nSPS) is 33.2. The molecule has 3 saturated carbocycles. The minimum absolute atomic E-state index is 0.0807. The number of carbonyl (C=O) groups is 2. The van der Waals surface area contributed by atoms with Crippen LogP contribution in [0.5, 0.6) is 5.75 Å². The summed E-state index contributed by atoms with van der Waals surface area (Å²) in [6.07, 6.45) is 6.47. The first kappa shape index (κ1) is 15.5. The number of hydrogen-bond donors (Lipinski definition) is 2. The minimum Gasteiger partial charge on any atom is -0.482 e. The molecule has 0 heterocycles. The highest BCUT2D eigenvalue weighted by atomic mass is 16.5. The van der Waals surface area contributed by atoms with E-state index >= 15 is 0 Å². The Balaban J connectivity index is 1.40. The first-order valence-corrected chi connectivity index (χ1v) is 8.87. The summed E-state index contributed by atoms with van der Waals surface area (Å²) < 4.78 is 5.15. The average Bonchev–Trinajstić information content (AvgIpc) is 3.26. The lowest BCUT2D eigenvalue weighted by molar-refractivity contribution is -0.139. The van der Waals surface area contributed by atoms with Crippen LogP contribution >= 0.6 is 0 Å². The van der Waals surface area contributed by atoms with Crippen LogP contribution in [0.4, 0.5) is 0 Å². The average molecular weight is 329 g/mol. The molecule has 2 bridgehead atoms. The van der Waals surface area contributed by atoms with Gasteiger partial charge in [-0.1, -0.05) is 12.5 Å².